The van der Waals surface area contributed by atoms with Crippen molar-refractivity contribution >= 4 is 44.8 Å². The van der Waals surface area contributed by atoms with Crippen molar-refractivity contribution in [2.75, 3.05) is 23.7 Å². The number of carbonyl (C=O) groups is 1. The van der Waals surface area contributed by atoms with Gasteiger partial charge in [-0.15, -0.1) is 0 Å². The molecule has 2 aromatic rings. The molecule has 6 nitrogen and oxygen atoms in total. The van der Waals surface area contributed by atoms with Crippen LogP contribution in [-0.4, -0.2) is 39.8 Å². The molecule has 0 aliphatic heterocycles. The minimum absolute atomic E-state index is 0.0556. The molecule has 2 rings (SSSR count). The van der Waals surface area contributed by atoms with Gasteiger partial charge in [-0.3, -0.25) is 9.10 Å². The Morgan fingerprint density at radius 2 is 1.74 bits per heavy atom. The van der Waals surface area contributed by atoms with Crippen LogP contribution in [0.4, 0.5) is 5.69 Å². The summed E-state index contributed by atoms with van der Waals surface area (Å²) in [5.41, 5.74) is 1.40. The molecule has 0 bridgehead atoms. The van der Waals surface area contributed by atoms with Gasteiger partial charge in [0.1, 0.15) is 18.4 Å². The van der Waals surface area contributed by atoms with E-state index in [9.17, 15) is 13.2 Å². The summed E-state index contributed by atoms with van der Waals surface area (Å²) in [6, 6.07) is 11.2. The quantitative estimate of drug-likeness (QED) is 0.551. The van der Waals surface area contributed by atoms with Crippen molar-refractivity contribution < 1.29 is 17.9 Å². The van der Waals surface area contributed by atoms with Gasteiger partial charge in [0.15, 0.2) is 0 Å². The first kappa shape index (κ1) is 25.3. The number of amides is 1. The Labute approximate surface area is 194 Å². The predicted molar refractivity (Wildman–Crippen MR) is 127 cm³/mol. The summed E-state index contributed by atoms with van der Waals surface area (Å²) in [5.74, 6) is 0.215. The highest BCUT2D eigenvalue weighted by Crippen LogP contribution is 2.32. The van der Waals surface area contributed by atoms with Crippen LogP contribution in [0.25, 0.3) is 0 Å². The van der Waals surface area contributed by atoms with Crippen molar-refractivity contribution in [3.05, 3.63) is 58.1 Å². The monoisotopic (exact) mass is 486 g/mol. The SMILES string of the molecule is C[C@H](C(=O)NCCOc1ccc(C(C)(C)C)cc1)N(c1cc(Cl)ccc1Cl)S(C)(=O)=O. The average Bonchev–Trinajstić information content (AvgIpc) is 2.66. The van der Waals surface area contributed by atoms with Crippen LogP contribution in [-0.2, 0) is 20.2 Å². The fraction of sp³-hybridized carbons (Fsp3) is 0.409. The van der Waals surface area contributed by atoms with E-state index in [-0.39, 0.29) is 29.3 Å². The van der Waals surface area contributed by atoms with Gasteiger partial charge in [-0.05, 0) is 48.2 Å². The maximum absolute atomic E-state index is 12.6. The van der Waals surface area contributed by atoms with E-state index in [0.717, 1.165) is 10.6 Å². The summed E-state index contributed by atoms with van der Waals surface area (Å²) in [6.45, 7) is 8.34. The highest BCUT2D eigenvalue weighted by atomic mass is 35.5. The molecule has 0 aliphatic carbocycles. The third kappa shape index (κ3) is 7.02. The van der Waals surface area contributed by atoms with Gasteiger partial charge in [-0.1, -0.05) is 56.1 Å². The Kier molecular flexibility index (Phi) is 8.25. The second-order valence-electron chi connectivity index (χ2n) is 8.24. The first-order chi connectivity index (χ1) is 14.3. The zero-order valence-electron chi connectivity index (χ0n) is 18.3. The van der Waals surface area contributed by atoms with E-state index in [1.807, 2.05) is 24.3 Å². The van der Waals surface area contributed by atoms with Gasteiger partial charge in [0.25, 0.3) is 0 Å². The molecule has 9 heteroatoms. The lowest BCUT2D eigenvalue weighted by atomic mass is 9.87. The zero-order valence-corrected chi connectivity index (χ0v) is 20.6. The number of carbonyl (C=O) groups excluding carboxylic acids is 1. The summed E-state index contributed by atoms with van der Waals surface area (Å²) in [7, 11) is -3.79. The molecular weight excluding hydrogens is 459 g/mol. The highest BCUT2D eigenvalue weighted by molar-refractivity contribution is 7.92. The van der Waals surface area contributed by atoms with Crippen molar-refractivity contribution in [2.45, 2.75) is 39.2 Å². The largest absolute Gasteiger partial charge is 0.492 e. The van der Waals surface area contributed by atoms with Crippen molar-refractivity contribution in [3.8, 4) is 5.75 Å². The molecular formula is C22H28Cl2N2O4S. The van der Waals surface area contributed by atoms with E-state index in [2.05, 4.69) is 26.1 Å². The number of nitrogens with zero attached hydrogens (tertiary/aromatic N) is 1. The lowest BCUT2D eigenvalue weighted by Crippen LogP contribution is -2.48. The first-order valence-corrected chi connectivity index (χ1v) is 12.4. The van der Waals surface area contributed by atoms with E-state index >= 15 is 0 Å². The Bertz CT molecular complexity index is 1020. The summed E-state index contributed by atoms with van der Waals surface area (Å²) in [6.07, 6.45) is 1.01. The average molecular weight is 487 g/mol. The number of hydrogen-bond donors (Lipinski definition) is 1. The summed E-state index contributed by atoms with van der Waals surface area (Å²) in [5, 5.41) is 3.19. The molecule has 0 saturated carbocycles. The number of benzene rings is 2. The van der Waals surface area contributed by atoms with Gasteiger partial charge in [-0.25, -0.2) is 8.42 Å². The van der Waals surface area contributed by atoms with Gasteiger partial charge < -0.3 is 10.1 Å². The van der Waals surface area contributed by atoms with Crippen LogP contribution in [0.15, 0.2) is 42.5 Å². The second-order valence-corrected chi connectivity index (χ2v) is 10.9. The fourth-order valence-corrected chi connectivity index (χ4v) is 4.58. The molecule has 0 fully saturated rings. The van der Waals surface area contributed by atoms with Crippen molar-refractivity contribution in [1.29, 1.82) is 0 Å². The van der Waals surface area contributed by atoms with Gasteiger partial charge >= 0.3 is 0 Å². The van der Waals surface area contributed by atoms with Crippen LogP contribution in [0.2, 0.25) is 10.0 Å². The summed E-state index contributed by atoms with van der Waals surface area (Å²) < 4.78 is 31.4. The normalized spacial score (nSPS) is 12.9. The summed E-state index contributed by atoms with van der Waals surface area (Å²) >= 11 is 12.2. The molecule has 2 aromatic carbocycles. The van der Waals surface area contributed by atoms with Crippen LogP contribution in [0.5, 0.6) is 5.75 Å². The van der Waals surface area contributed by atoms with Crippen molar-refractivity contribution in [3.63, 3.8) is 0 Å². The highest BCUT2D eigenvalue weighted by Gasteiger charge is 2.30. The van der Waals surface area contributed by atoms with Gasteiger partial charge in [0.05, 0.1) is 23.5 Å². The van der Waals surface area contributed by atoms with Crippen molar-refractivity contribution in [2.24, 2.45) is 0 Å². The van der Waals surface area contributed by atoms with Gasteiger partial charge in [-0.2, -0.15) is 0 Å². The molecule has 31 heavy (non-hydrogen) atoms. The van der Waals surface area contributed by atoms with E-state index in [0.29, 0.717) is 10.8 Å². The molecule has 0 aliphatic rings. The predicted octanol–water partition coefficient (Wildman–Crippen LogP) is 4.64. The van der Waals surface area contributed by atoms with E-state index < -0.39 is 22.0 Å². The van der Waals surface area contributed by atoms with Crippen LogP contribution < -0.4 is 14.4 Å². The molecule has 170 valence electrons. The molecule has 0 spiro atoms. The first-order valence-electron chi connectivity index (χ1n) is 9.76. The lowest BCUT2D eigenvalue weighted by molar-refractivity contribution is -0.121. The Hall–Kier alpha value is -1.96. The summed E-state index contributed by atoms with van der Waals surface area (Å²) in [4.78, 5) is 12.6. The third-order valence-electron chi connectivity index (χ3n) is 4.62. The Balaban J connectivity index is 1.99. The molecule has 1 N–H and O–H groups in total. The van der Waals surface area contributed by atoms with E-state index in [1.165, 1.54) is 24.6 Å². The molecule has 0 radical (unpaired) electrons. The molecule has 0 heterocycles. The molecule has 1 amide bonds. The maximum atomic E-state index is 12.6. The fourth-order valence-electron chi connectivity index (χ4n) is 2.98. The lowest BCUT2D eigenvalue weighted by Gasteiger charge is -2.29. The number of halogens is 2. The van der Waals surface area contributed by atoms with E-state index in [4.69, 9.17) is 27.9 Å². The molecule has 0 saturated heterocycles. The smallest absolute Gasteiger partial charge is 0.243 e. The third-order valence-corrected chi connectivity index (χ3v) is 6.41. The molecule has 0 aromatic heterocycles. The number of hydrogen-bond acceptors (Lipinski definition) is 4. The van der Waals surface area contributed by atoms with Crippen LogP contribution in [0.3, 0.4) is 0 Å². The van der Waals surface area contributed by atoms with Crippen molar-refractivity contribution in [1.82, 2.24) is 5.32 Å². The van der Waals surface area contributed by atoms with Gasteiger partial charge in [0.2, 0.25) is 15.9 Å². The minimum Gasteiger partial charge on any atom is -0.492 e. The number of nitrogens with one attached hydrogen (secondary N) is 1. The number of ether oxygens (including phenoxy) is 1. The van der Waals surface area contributed by atoms with Crippen LogP contribution in [0, 0.1) is 0 Å². The number of anilines is 1. The van der Waals surface area contributed by atoms with Crippen LogP contribution in [0.1, 0.15) is 33.3 Å². The minimum atomic E-state index is -3.79. The molecule has 0 unspecified atom stereocenters. The number of sulfonamides is 1. The maximum Gasteiger partial charge on any atom is 0.243 e. The topological polar surface area (TPSA) is 75.7 Å². The Morgan fingerprint density at radius 3 is 2.29 bits per heavy atom. The Morgan fingerprint density at radius 1 is 1.13 bits per heavy atom. The number of rotatable bonds is 8. The molecule has 1 atom stereocenters. The standard InChI is InChI=1S/C22H28Cl2N2O4S/c1-15(26(31(5,28)29)20-14-17(23)8-11-19(20)24)21(27)25-12-13-30-18-9-6-16(7-10-18)22(2,3)4/h6-11,14-15H,12-13H2,1-5H3,(H,25,27)/t15-/m1/s1. The van der Waals surface area contributed by atoms with E-state index in [1.54, 1.807) is 6.07 Å². The zero-order chi connectivity index (χ0) is 23.4. The van der Waals surface area contributed by atoms with Crippen LogP contribution >= 0.6 is 23.2 Å². The van der Waals surface area contributed by atoms with Gasteiger partial charge in [0, 0.05) is 5.02 Å². The second kappa shape index (κ2) is 10.1.